The molecule has 0 saturated heterocycles. The molecule has 2 aromatic rings. The Labute approximate surface area is 110 Å². The van der Waals surface area contributed by atoms with E-state index in [4.69, 9.17) is 0 Å². The molecule has 1 N–H and O–H groups in total. The Morgan fingerprint density at radius 1 is 1.37 bits per heavy atom. The molecule has 0 aliphatic heterocycles. The lowest BCUT2D eigenvalue weighted by Gasteiger charge is -2.00. The minimum Gasteiger partial charge on any atom is -0.266 e. The van der Waals surface area contributed by atoms with E-state index in [1.54, 1.807) is 6.07 Å². The summed E-state index contributed by atoms with van der Waals surface area (Å²) in [7, 11) is -3.61. The van der Waals surface area contributed by atoms with Crippen molar-refractivity contribution < 1.29 is 13.2 Å². The van der Waals surface area contributed by atoms with E-state index in [0.29, 0.717) is 0 Å². The average molecular weight is 280 g/mol. The Kier molecular flexibility index (Phi) is 3.34. The number of hydrogen-bond acceptors (Lipinski definition) is 5. The summed E-state index contributed by atoms with van der Waals surface area (Å²) >= 11 is 0. The molecule has 19 heavy (non-hydrogen) atoms. The third-order valence-corrected chi connectivity index (χ3v) is 2.83. The highest BCUT2D eigenvalue weighted by molar-refractivity contribution is 7.89. The lowest BCUT2D eigenvalue weighted by molar-refractivity contribution is 0.0977. The fraction of sp³-hybridized carbons (Fsp3) is 0.182. The Hall–Kier alpha value is -2.22. The number of carbonyl (C=O) groups is 1. The molecular formula is C11H12N4O3S. The molecule has 0 aliphatic carbocycles. The molecule has 0 radical (unpaired) electrons. The minimum absolute atomic E-state index is 0.0630. The van der Waals surface area contributed by atoms with Gasteiger partial charge in [-0.2, -0.15) is 0 Å². The predicted octanol–water partition coefficient (Wildman–Crippen LogP) is 0.265. The molecule has 1 aromatic carbocycles. The lowest BCUT2D eigenvalue weighted by Crippen LogP contribution is -2.29. The van der Waals surface area contributed by atoms with Gasteiger partial charge in [-0.3, -0.25) is 4.79 Å². The van der Waals surface area contributed by atoms with E-state index >= 15 is 0 Å². The van der Waals surface area contributed by atoms with Gasteiger partial charge in [0.2, 0.25) is 10.0 Å². The smallest absolute Gasteiger partial charge is 0.266 e. The SMILES string of the molecule is Cc1cccc(-n2cc(C(=O)NS(C)(=O)=O)nn2)c1. The zero-order chi connectivity index (χ0) is 14.0. The predicted molar refractivity (Wildman–Crippen MR) is 68.4 cm³/mol. The van der Waals surface area contributed by atoms with Crippen molar-refractivity contribution >= 4 is 15.9 Å². The third kappa shape index (κ3) is 3.38. The summed E-state index contributed by atoms with van der Waals surface area (Å²) in [6, 6.07) is 7.45. The average Bonchev–Trinajstić information content (AvgIpc) is 2.75. The van der Waals surface area contributed by atoms with Crippen molar-refractivity contribution in [2.75, 3.05) is 6.26 Å². The molecule has 1 aromatic heterocycles. The second kappa shape index (κ2) is 4.81. The maximum atomic E-state index is 11.6. The number of nitrogens with one attached hydrogen (secondary N) is 1. The van der Waals surface area contributed by atoms with Crippen molar-refractivity contribution in [2.24, 2.45) is 0 Å². The number of rotatable bonds is 3. The van der Waals surface area contributed by atoms with Crippen LogP contribution >= 0.6 is 0 Å². The molecule has 2 rings (SSSR count). The summed E-state index contributed by atoms with van der Waals surface area (Å²) in [5, 5.41) is 7.43. The molecule has 0 atom stereocenters. The molecular weight excluding hydrogens is 268 g/mol. The number of sulfonamides is 1. The second-order valence-corrected chi connectivity index (χ2v) is 5.84. The van der Waals surface area contributed by atoms with Crippen molar-refractivity contribution in [3.05, 3.63) is 41.7 Å². The fourth-order valence-corrected chi connectivity index (χ4v) is 1.93. The van der Waals surface area contributed by atoms with Gasteiger partial charge in [-0.15, -0.1) is 5.10 Å². The number of carbonyl (C=O) groups excluding carboxylic acids is 1. The van der Waals surface area contributed by atoms with Crippen molar-refractivity contribution in [3.63, 3.8) is 0 Å². The molecule has 0 aliphatic rings. The molecule has 8 heteroatoms. The summed E-state index contributed by atoms with van der Waals surface area (Å²) in [6.45, 7) is 1.93. The molecule has 7 nitrogen and oxygen atoms in total. The van der Waals surface area contributed by atoms with E-state index in [9.17, 15) is 13.2 Å². The van der Waals surface area contributed by atoms with Gasteiger partial charge in [0.25, 0.3) is 5.91 Å². The van der Waals surface area contributed by atoms with E-state index in [2.05, 4.69) is 10.3 Å². The molecule has 0 bridgehead atoms. The highest BCUT2D eigenvalue weighted by Gasteiger charge is 2.15. The van der Waals surface area contributed by atoms with E-state index in [1.807, 2.05) is 29.8 Å². The Bertz CT molecular complexity index is 721. The van der Waals surface area contributed by atoms with Crippen LogP contribution in [0, 0.1) is 6.92 Å². The number of benzene rings is 1. The molecule has 0 unspecified atom stereocenters. The molecule has 1 amide bonds. The van der Waals surface area contributed by atoms with Crippen LogP contribution in [0.15, 0.2) is 30.5 Å². The van der Waals surface area contributed by atoms with Crippen LogP contribution in [0.1, 0.15) is 16.1 Å². The van der Waals surface area contributed by atoms with Crippen molar-refractivity contribution in [3.8, 4) is 5.69 Å². The van der Waals surface area contributed by atoms with Crippen LogP contribution in [0.25, 0.3) is 5.69 Å². The number of amides is 1. The van der Waals surface area contributed by atoms with Crippen LogP contribution in [0.5, 0.6) is 0 Å². The van der Waals surface area contributed by atoms with E-state index in [1.165, 1.54) is 10.9 Å². The summed E-state index contributed by atoms with van der Waals surface area (Å²) in [5.74, 6) is -0.804. The zero-order valence-corrected chi connectivity index (χ0v) is 11.2. The van der Waals surface area contributed by atoms with Crippen LogP contribution in [0.3, 0.4) is 0 Å². The van der Waals surface area contributed by atoms with Crippen LogP contribution in [-0.4, -0.2) is 35.6 Å². The standard InChI is InChI=1S/C11H12N4O3S/c1-8-4-3-5-9(6-8)15-7-10(12-14-15)11(16)13-19(2,17)18/h3-7H,1-2H3,(H,13,16). The number of aromatic nitrogens is 3. The van der Waals surface area contributed by atoms with Crippen LogP contribution in [0.4, 0.5) is 0 Å². The van der Waals surface area contributed by atoms with Crippen molar-refractivity contribution in [1.82, 2.24) is 19.7 Å². The van der Waals surface area contributed by atoms with Crippen molar-refractivity contribution in [1.29, 1.82) is 0 Å². The highest BCUT2D eigenvalue weighted by atomic mass is 32.2. The van der Waals surface area contributed by atoms with Crippen molar-refractivity contribution in [2.45, 2.75) is 6.92 Å². The number of hydrogen-bond donors (Lipinski definition) is 1. The van der Waals surface area contributed by atoms with E-state index < -0.39 is 15.9 Å². The first kappa shape index (κ1) is 13.2. The third-order valence-electron chi connectivity index (χ3n) is 2.27. The zero-order valence-electron chi connectivity index (χ0n) is 10.4. The highest BCUT2D eigenvalue weighted by Crippen LogP contribution is 2.09. The number of nitrogens with zero attached hydrogens (tertiary/aromatic N) is 3. The molecule has 100 valence electrons. The second-order valence-electron chi connectivity index (χ2n) is 4.09. The largest absolute Gasteiger partial charge is 0.286 e. The van der Waals surface area contributed by atoms with Gasteiger partial charge in [-0.25, -0.2) is 17.8 Å². The molecule has 0 spiro atoms. The van der Waals surface area contributed by atoms with Gasteiger partial charge >= 0.3 is 0 Å². The maximum absolute atomic E-state index is 11.6. The van der Waals surface area contributed by atoms with Gasteiger partial charge in [0.15, 0.2) is 5.69 Å². The maximum Gasteiger partial charge on any atom is 0.286 e. The van der Waals surface area contributed by atoms with Gasteiger partial charge in [0.05, 0.1) is 18.1 Å². The van der Waals surface area contributed by atoms with Crippen LogP contribution in [0.2, 0.25) is 0 Å². The first-order valence-electron chi connectivity index (χ1n) is 5.37. The molecule has 0 saturated carbocycles. The quantitative estimate of drug-likeness (QED) is 0.870. The van der Waals surface area contributed by atoms with Crippen LogP contribution in [-0.2, 0) is 10.0 Å². The van der Waals surface area contributed by atoms with Gasteiger partial charge in [-0.1, -0.05) is 17.3 Å². The summed E-state index contributed by atoms with van der Waals surface area (Å²) in [4.78, 5) is 11.6. The Morgan fingerprint density at radius 3 is 2.74 bits per heavy atom. The first-order chi connectivity index (χ1) is 8.85. The topological polar surface area (TPSA) is 94.0 Å². The van der Waals surface area contributed by atoms with Gasteiger partial charge in [0, 0.05) is 0 Å². The summed E-state index contributed by atoms with van der Waals surface area (Å²) in [5.41, 5.74) is 1.72. The van der Waals surface area contributed by atoms with Gasteiger partial charge in [0.1, 0.15) is 0 Å². The lowest BCUT2D eigenvalue weighted by atomic mass is 10.2. The van der Waals surface area contributed by atoms with E-state index in [0.717, 1.165) is 17.5 Å². The fourth-order valence-electron chi connectivity index (χ4n) is 1.49. The molecule has 1 heterocycles. The first-order valence-corrected chi connectivity index (χ1v) is 7.26. The summed E-state index contributed by atoms with van der Waals surface area (Å²) in [6.07, 6.45) is 2.27. The minimum atomic E-state index is -3.61. The monoisotopic (exact) mass is 280 g/mol. The van der Waals surface area contributed by atoms with Gasteiger partial charge < -0.3 is 0 Å². The summed E-state index contributed by atoms with van der Waals surface area (Å²) < 4.78 is 25.1. The van der Waals surface area contributed by atoms with Gasteiger partial charge in [-0.05, 0) is 24.6 Å². The normalized spacial score (nSPS) is 11.3. The van der Waals surface area contributed by atoms with E-state index in [-0.39, 0.29) is 5.69 Å². The number of aryl methyl sites for hydroxylation is 1. The molecule has 0 fully saturated rings. The van der Waals surface area contributed by atoms with Crippen LogP contribution < -0.4 is 4.72 Å². The Morgan fingerprint density at radius 2 is 2.11 bits per heavy atom. The Balaban J connectivity index is 2.27.